The van der Waals surface area contributed by atoms with E-state index in [2.05, 4.69) is 39.8 Å². The highest BCUT2D eigenvalue weighted by Crippen LogP contribution is 2.47. The fraction of sp³-hybridized carbons (Fsp3) is 0.733. The standard InChI is InChI=1S/C15H26O2/c1-14(2,3)15(4)9-8-13(17-5)12(11-15)7-6-10-16/h8,11,16H,6-7,9-10H2,1-5H3. The lowest BCUT2D eigenvalue weighted by Crippen LogP contribution is -2.32. The summed E-state index contributed by atoms with van der Waals surface area (Å²) in [6.07, 6.45) is 7.25. The fourth-order valence-corrected chi connectivity index (χ4v) is 2.15. The van der Waals surface area contributed by atoms with Gasteiger partial charge in [0.25, 0.3) is 0 Å². The van der Waals surface area contributed by atoms with Crippen LogP contribution in [0.2, 0.25) is 0 Å². The first-order chi connectivity index (χ1) is 7.84. The Labute approximate surface area is 105 Å². The van der Waals surface area contributed by atoms with E-state index in [1.807, 2.05) is 0 Å². The van der Waals surface area contributed by atoms with Crippen molar-refractivity contribution in [1.82, 2.24) is 0 Å². The molecule has 1 rings (SSSR count). The van der Waals surface area contributed by atoms with E-state index in [4.69, 9.17) is 9.84 Å². The molecule has 2 nitrogen and oxygen atoms in total. The fourth-order valence-electron chi connectivity index (χ4n) is 2.15. The van der Waals surface area contributed by atoms with Crippen molar-refractivity contribution in [2.45, 2.75) is 47.0 Å². The zero-order chi connectivity index (χ0) is 13.1. The summed E-state index contributed by atoms with van der Waals surface area (Å²) in [4.78, 5) is 0. The molecule has 0 radical (unpaired) electrons. The highest BCUT2D eigenvalue weighted by molar-refractivity contribution is 5.33. The number of aliphatic hydroxyl groups is 1. The molecule has 2 heteroatoms. The van der Waals surface area contributed by atoms with Gasteiger partial charge in [-0.1, -0.05) is 33.8 Å². The van der Waals surface area contributed by atoms with Gasteiger partial charge in [0.1, 0.15) is 5.76 Å². The van der Waals surface area contributed by atoms with Crippen LogP contribution in [-0.4, -0.2) is 18.8 Å². The minimum atomic E-state index is 0.166. The van der Waals surface area contributed by atoms with Gasteiger partial charge in [-0.15, -0.1) is 0 Å². The molecule has 0 aromatic heterocycles. The van der Waals surface area contributed by atoms with E-state index in [0.717, 1.165) is 25.0 Å². The SMILES string of the molecule is COC1=CCC(C)(C(C)(C)C)C=C1CCCO. The van der Waals surface area contributed by atoms with Crippen molar-refractivity contribution < 1.29 is 9.84 Å². The van der Waals surface area contributed by atoms with Gasteiger partial charge in [-0.2, -0.15) is 0 Å². The quantitative estimate of drug-likeness (QED) is 0.809. The Bertz CT molecular complexity index is 320. The van der Waals surface area contributed by atoms with E-state index >= 15 is 0 Å². The van der Waals surface area contributed by atoms with E-state index in [-0.39, 0.29) is 17.4 Å². The van der Waals surface area contributed by atoms with Gasteiger partial charge < -0.3 is 9.84 Å². The van der Waals surface area contributed by atoms with E-state index in [0.29, 0.717) is 0 Å². The number of allylic oxidation sites excluding steroid dienone is 3. The minimum Gasteiger partial charge on any atom is -0.497 e. The zero-order valence-corrected chi connectivity index (χ0v) is 11.8. The molecular formula is C15H26O2. The summed E-state index contributed by atoms with van der Waals surface area (Å²) in [7, 11) is 1.72. The van der Waals surface area contributed by atoms with E-state index in [1.165, 1.54) is 5.57 Å². The third-order valence-corrected chi connectivity index (χ3v) is 4.06. The molecule has 0 heterocycles. The van der Waals surface area contributed by atoms with Gasteiger partial charge in [-0.25, -0.2) is 0 Å². The lowest BCUT2D eigenvalue weighted by Gasteiger charge is -2.42. The highest BCUT2D eigenvalue weighted by atomic mass is 16.5. The predicted molar refractivity (Wildman–Crippen MR) is 71.7 cm³/mol. The molecule has 17 heavy (non-hydrogen) atoms. The molecule has 0 saturated carbocycles. The monoisotopic (exact) mass is 238 g/mol. The first-order valence-corrected chi connectivity index (χ1v) is 6.41. The Morgan fingerprint density at radius 2 is 2.06 bits per heavy atom. The van der Waals surface area contributed by atoms with Gasteiger partial charge in [-0.05, 0) is 41.7 Å². The van der Waals surface area contributed by atoms with Crippen LogP contribution in [0.4, 0.5) is 0 Å². The summed E-state index contributed by atoms with van der Waals surface area (Å²) in [6, 6.07) is 0. The molecule has 0 spiro atoms. The third kappa shape index (κ3) is 3.12. The van der Waals surface area contributed by atoms with Crippen molar-refractivity contribution in [1.29, 1.82) is 0 Å². The second-order valence-electron chi connectivity index (χ2n) is 6.14. The molecule has 1 aliphatic carbocycles. The maximum atomic E-state index is 8.96. The minimum absolute atomic E-state index is 0.166. The van der Waals surface area contributed by atoms with Crippen molar-refractivity contribution in [3.8, 4) is 0 Å². The molecule has 1 N–H and O–H groups in total. The molecule has 0 saturated heterocycles. The Kier molecular flexibility index (Phi) is 4.42. The maximum Gasteiger partial charge on any atom is 0.117 e. The van der Waals surface area contributed by atoms with Crippen molar-refractivity contribution >= 4 is 0 Å². The van der Waals surface area contributed by atoms with Crippen molar-refractivity contribution in [3.05, 3.63) is 23.5 Å². The van der Waals surface area contributed by atoms with Gasteiger partial charge in [0.2, 0.25) is 0 Å². The summed E-state index contributed by atoms with van der Waals surface area (Å²) in [5.41, 5.74) is 1.64. The number of rotatable bonds is 4. The van der Waals surface area contributed by atoms with Crippen molar-refractivity contribution in [2.24, 2.45) is 10.8 Å². The van der Waals surface area contributed by atoms with Crippen LogP contribution in [0.25, 0.3) is 0 Å². The van der Waals surface area contributed by atoms with Gasteiger partial charge in [0.15, 0.2) is 0 Å². The van der Waals surface area contributed by atoms with E-state index in [9.17, 15) is 0 Å². The molecule has 0 amide bonds. The molecular weight excluding hydrogens is 212 g/mol. The van der Waals surface area contributed by atoms with Gasteiger partial charge in [-0.3, -0.25) is 0 Å². The molecule has 98 valence electrons. The lowest BCUT2D eigenvalue weighted by molar-refractivity contribution is 0.161. The summed E-state index contributed by atoms with van der Waals surface area (Å²) < 4.78 is 5.42. The van der Waals surface area contributed by atoms with Crippen LogP contribution in [0.15, 0.2) is 23.5 Å². The summed E-state index contributed by atoms with van der Waals surface area (Å²) in [5.74, 6) is 0.986. The second kappa shape index (κ2) is 5.26. The summed E-state index contributed by atoms with van der Waals surface area (Å²) in [5, 5.41) is 8.96. The average Bonchev–Trinajstić information content (AvgIpc) is 2.25. The normalized spacial score (nSPS) is 25.3. The number of methoxy groups -OCH3 is 1. The molecule has 0 fully saturated rings. The number of hydrogen-bond donors (Lipinski definition) is 1. The third-order valence-electron chi connectivity index (χ3n) is 4.06. The molecule has 1 unspecified atom stereocenters. The number of hydrogen-bond acceptors (Lipinski definition) is 2. The second-order valence-corrected chi connectivity index (χ2v) is 6.14. The van der Waals surface area contributed by atoms with Crippen LogP contribution in [0.1, 0.15) is 47.0 Å². The van der Waals surface area contributed by atoms with Crippen LogP contribution in [-0.2, 0) is 4.74 Å². The zero-order valence-electron chi connectivity index (χ0n) is 11.8. The first kappa shape index (κ1) is 14.3. The van der Waals surface area contributed by atoms with Crippen LogP contribution >= 0.6 is 0 Å². The van der Waals surface area contributed by atoms with Crippen LogP contribution in [0.5, 0.6) is 0 Å². The molecule has 1 aliphatic rings. The molecule has 0 bridgehead atoms. The lowest BCUT2D eigenvalue weighted by atomic mass is 9.63. The van der Waals surface area contributed by atoms with Crippen molar-refractivity contribution in [3.63, 3.8) is 0 Å². The first-order valence-electron chi connectivity index (χ1n) is 6.41. The summed E-state index contributed by atoms with van der Waals surface area (Å²) >= 11 is 0. The van der Waals surface area contributed by atoms with E-state index < -0.39 is 0 Å². The number of aliphatic hydroxyl groups excluding tert-OH is 1. The Morgan fingerprint density at radius 3 is 2.53 bits per heavy atom. The highest BCUT2D eigenvalue weighted by Gasteiger charge is 2.37. The average molecular weight is 238 g/mol. The maximum absolute atomic E-state index is 8.96. The summed E-state index contributed by atoms with van der Waals surface area (Å²) in [6.45, 7) is 9.37. The van der Waals surface area contributed by atoms with Crippen LogP contribution in [0, 0.1) is 10.8 Å². The van der Waals surface area contributed by atoms with Gasteiger partial charge >= 0.3 is 0 Å². The topological polar surface area (TPSA) is 29.5 Å². The Hall–Kier alpha value is -0.760. The largest absolute Gasteiger partial charge is 0.497 e. The number of ether oxygens (including phenoxy) is 1. The molecule has 0 aromatic carbocycles. The van der Waals surface area contributed by atoms with Crippen LogP contribution < -0.4 is 0 Å². The Balaban J connectivity index is 2.96. The molecule has 1 atom stereocenters. The van der Waals surface area contributed by atoms with Gasteiger partial charge in [0, 0.05) is 6.61 Å². The van der Waals surface area contributed by atoms with E-state index in [1.54, 1.807) is 7.11 Å². The molecule has 0 aromatic rings. The van der Waals surface area contributed by atoms with Crippen molar-refractivity contribution in [2.75, 3.05) is 13.7 Å². The molecule has 0 aliphatic heterocycles. The Morgan fingerprint density at radius 1 is 1.41 bits per heavy atom. The predicted octanol–water partition coefficient (Wildman–Crippen LogP) is 3.67. The van der Waals surface area contributed by atoms with Crippen LogP contribution in [0.3, 0.4) is 0 Å². The smallest absolute Gasteiger partial charge is 0.117 e. The van der Waals surface area contributed by atoms with Gasteiger partial charge in [0.05, 0.1) is 7.11 Å².